The Labute approximate surface area is 151 Å². The maximum atomic E-state index is 12.6. The number of aromatic amines is 1. The van der Waals surface area contributed by atoms with Crippen molar-refractivity contribution in [3.8, 4) is 0 Å². The number of para-hydroxylation sites is 1. The Morgan fingerprint density at radius 2 is 2.00 bits per heavy atom. The molecule has 26 heavy (non-hydrogen) atoms. The SMILES string of the molecule is CN(C)Cc1[nH]c2ccccc2c1C1NC(=O)c2cc(N)c(NN)cc21. The Morgan fingerprint density at radius 3 is 2.73 bits per heavy atom. The first-order valence-corrected chi connectivity index (χ1v) is 8.44. The average Bonchev–Trinajstić information content (AvgIpc) is 3.10. The molecule has 2 heterocycles. The minimum Gasteiger partial charge on any atom is -0.397 e. The second-order valence-corrected chi connectivity index (χ2v) is 6.88. The maximum absolute atomic E-state index is 12.6. The molecule has 1 unspecified atom stereocenters. The predicted molar refractivity (Wildman–Crippen MR) is 104 cm³/mol. The third-order valence-electron chi connectivity index (χ3n) is 4.80. The van der Waals surface area contributed by atoms with Gasteiger partial charge in [0.05, 0.1) is 17.4 Å². The van der Waals surface area contributed by atoms with Gasteiger partial charge in [0.1, 0.15) is 0 Å². The van der Waals surface area contributed by atoms with Gasteiger partial charge in [-0.15, -0.1) is 0 Å². The summed E-state index contributed by atoms with van der Waals surface area (Å²) in [6.07, 6.45) is 0. The van der Waals surface area contributed by atoms with E-state index in [4.69, 9.17) is 11.6 Å². The van der Waals surface area contributed by atoms with Crippen LogP contribution in [0.1, 0.15) is 33.2 Å². The highest BCUT2D eigenvalue weighted by Gasteiger charge is 2.34. The quantitative estimate of drug-likeness (QED) is 0.280. The number of hydrazine groups is 1. The summed E-state index contributed by atoms with van der Waals surface area (Å²) in [6.45, 7) is 0.739. The predicted octanol–water partition coefficient (Wildman–Crippen LogP) is 1.93. The summed E-state index contributed by atoms with van der Waals surface area (Å²) in [6, 6.07) is 11.4. The van der Waals surface area contributed by atoms with E-state index < -0.39 is 0 Å². The van der Waals surface area contributed by atoms with E-state index >= 15 is 0 Å². The third kappa shape index (κ3) is 2.49. The highest BCUT2D eigenvalue weighted by molar-refractivity contribution is 6.02. The van der Waals surface area contributed by atoms with Gasteiger partial charge >= 0.3 is 0 Å². The number of hydrogen-bond acceptors (Lipinski definition) is 5. The lowest BCUT2D eigenvalue weighted by atomic mass is 9.94. The molecule has 134 valence electrons. The lowest BCUT2D eigenvalue weighted by molar-refractivity contribution is 0.0960. The van der Waals surface area contributed by atoms with E-state index in [-0.39, 0.29) is 11.9 Å². The lowest BCUT2D eigenvalue weighted by Crippen LogP contribution is -2.22. The van der Waals surface area contributed by atoms with Crippen LogP contribution in [0.3, 0.4) is 0 Å². The summed E-state index contributed by atoms with van der Waals surface area (Å²) in [5, 5.41) is 4.20. The number of carbonyl (C=O) groups is 1. The van der Waals surface area contributed by atoms with Crippen molar-refractivity contribution in [2.45, 2.75) is 12.6 Å². The van der Waals surface area contributed by atoms with Crippen LogP contribution in [0, 0.1) is 0 Å². The van der Waals surface area contributed by atoms with Crippen molar-refractivity contribution in [2.75, 3.05) is 25.3 Å². The highest BCUT2D eigenvalue weighted by Crippen LogP contribution is 2.39. The lowest BCUT2D eigenvalue weighted by Gasteiger charge is -2.17. The van der Waals surface area contributed by atoms with E-state index in [2.05, 4.69) is 26.7 Å². The van der Waals surface area contributed by atoms with E-state index in [1.54, 1.807) is 6.07 Å². The van der Waals surface area contributed by atoms with Crippen LogP contribution in [0.25, 0.3) is 10.9 Å². The molecule has 7 nitrogen and oxygen atoms in total. The molecular formula is C19H22N6O. The maximum Gasteiger partial charge on any atom is 0.252 e. The molecule has 7 heteroatoms. The number of benzene rings is 2. The molecule has 2 aromatic carbocycles. The largest absolute Gasteiger partial charge is 0.397 e. The molecule has 0 aliphatic carbocycles. The molecule has 1 aliphatic heterocycles. The molecule has 7 N–H and O–H groups in total. The monoisotopic (exact) mass is 350 g/mol. The van der Waals surface area contributed by atoms with E-state index in [0.717, 1.165) is 34.3 Å². The molecule has 1 atom stereocenters. The van der Waals surface area contributed by atoms with Gasteiger partial charge < -0.3 is 26.4 Å². The summed E-state index contributed by atoms with van der Waals surface area (Å²) in [5.74, 6) is 5.46. The number of nitrogen functional groups attached to an aromatic ring is 2. The summed E-state index contributed by atoms with van der Waals surface area (Å²) < 4.78 is 0. The number of nitrogens with zero attached hydrogens (tertiary/aromatic N) is 1. The number of amides is 1. The van der Waals surface area contributed by atoms with Crippen molar-refractivity contribution in [1.29, 1.82) is 0 Å². The fourth-order valence-electron chi connectivity index (χ4n) is 3.70. The van der Waals surface area contributed by atoms with Gasteiger partial charge in [-0.3, -0.25) is 10.6 Å². The molecule has 1 aliphatic rings. The molecule has 1 aromatic heterocycles. The van der Waals surface area contributed by atoms with Crippen LogP contribution in [-0.2, 0) is 6.54 Å². The van der Waals surface area contributed by atoms with Crippen LogP contribution in [0.15, 0.2) is 36.4 Å². The van der Waals surface area contributed by atoms with Gasteiger partial charge in [0.15, 0.2) is 0 Å². The van der Waals surface area contributed by atoms with Gasteiger partial charge in [0.2, 0.25) is 0 Å². The van der Waals surface area contributed by atoms with Gasteiger partial charge in [-0.05, 0) is 37.9 Å². The number of H-pyrrole nitrogens is 1. The second-order valence-electron chi connectivity index (χ2n) is 6.88. The summed E-state index contributed by atoms with van der Waals surface area (Å²) in [7, 11) is 4.04. The molecule has 0 bridgehead atoms. The van der Waals surface area contributed by atoms with Crippen LogP contribution in [0.5, 0.6) is 0 Å². The van der Waals surface area contributed by atoms with Gasteiger partial charge in [-0.2, -0.15) is 0 Å². The third-order valence-corrected chi connectivity index (χ3v) is 4.80. The van der Waals surface area contributed by atoms with Crippen LogP contribution < -0.4 is 22.3 Å². The van der Waals surface area contributed by atoms with Crippen LogP contribution in [-0.4, -0.2) is 29.9 Å². The fourth-order valence-corrected chi connectivity index (χ4v) is 3.70. The van der Waals surface area contributed by atoms with Crippen molar-refractivity contribution in [2.24, 2.45) is 5.84 Å². The van der Waals surface area contributed by atoms with Gasteiger partial charge in [-0.1, -0.05) is 18.2 Å². The first-order chi connectivity index (χ1) is 12.5. The molecule has 0 saturated heterocycles. The number of anilines is 2. The number of rotatable bonds is 4. The van der Waals surface area contributed by atoms with Crippen molar-refractivity contribution in [3.05, 3.63) is 58.8 Å². The minimum atomic E-state index is -0.253. The molecule has 0 radical (unpaired) electrons. The Balaban J connectivity index is 1.94. The zero-order valence-electron chi connectivity index (χ0n) is 14.8. The van der Waals surface area contributed by atoms with E-state index in [1.165, 1.54) is 0 Å². The molecule has 4 rings (SSSR count). The van der Waals surface area contributed by atoms with E-state index in [9.17, 15) is 4.79 Å². The smallest absolute Gasteiger partial charge is 0.252 e. The highest BCUT2D eigenvalue weighted by atomic mass is 16.2. The van der Waals surface area contributed by atoms with Gasteiger partial charge in [0, 0.05) is 34.3 Å². The van der Waals surface area contributed by atoms with Gasteiger partial charge in [0.25, 0.3) is 5.91 Å². The fraction of sp³-hybridized carbons (Fsp3) is 0.211. The zero-order chi connectivity index (χ0) is 18.4. The zero-order valence-corrected chi connectivity index (χ0v) is 14.8. The van der Waals surface area contributed by atoms with Crippen LogP contribution in [0.4, 0.5) is 11.4 Å². The first-order valence-electron chi connectivity index (χ1n) is 8.44. The minimum absolute atomic E-state index is 0.124. The van der Waals surface area contributed by atoms with Crippen molar-refractivity contribution in [1.82, 2.24) is 15.2 Å². The standard InChI is InChI=1S/C19H22N6O/c1-25(2)9-16-17(10-5-3-4-6-14(10)22-16)18-11-8-15(24-21)13(20)7-12(11)19(26)23-18/h3-8,18,22,24H,9,20-21H2,1-2H3,(H,23,26). The summed E-state index contributed by atoms with van der Waals surface area (Å²) >= 11 is 0. The molecule has 0 saturated carbocycles. The van der Waals surface area contributed by atoms with Crippen molar-refractivity contribution < 1.29 is 4.79 Å². The number of fused-ring (bicyclic) bond motifs is 2. The summed E-state index contributed by atoms with van der Waals surface area (Å²) in [5.41, 5.74) is 14.3. The van der Waals surface area contributed by atoms with Crippen molar-refractivity contribution >= 4 is 28.2 Å². The van der Waals surface area contributed by atoms with E-state index in [0.29, 0.717) is 16.9 Å². The first kappa shape index (κ1) is 16.4. The summed E-state index contributed by atoms with van der Waals surface area (Å²) in [4.78, 5) is 18.2. The number of carbonyl (C=O) groups excluding carboxylic acids is 1. The molecular weight excluding hydrogens is 328 g/mol. The Kier molecular flexibility index (Phi) is 3.82. The number of nitrogens with two attached hydrogens (primary N) is 2. The topological polar surface area (TPSA) is 112 Å². The molecule has 3 aromatic rings. The Morgan fingerprint density at radius 1 is 1.23 bits per heavy atom. The van der Waals surface area contributed by atoms with Gasteiger partial charge in [-0.25, -0.2) is 0 Å². The van der Waals surface area contributed by atoms with Crippen LogP contribution in [0.2, 0.25) is 0 Å². The normalized spacial score (nSPS) is 16.2. The Hall–Kier alpha value is -3.03. The molecule has 0 spiro atoms. The number of aromatic nitrogens is 1. The van der Waals surface area contributed by atoms with Crippen LogP contribution >= 0.6 is 0 Å². The van der Waals surface area contributed by atoms with E-state index in [1.807, 2.05) is 38.4 Å². The molecule has 1 amide bonds. The number of nitrogens with one attached hydrogen (secondary N) is 3. The molecule has 0 fully saturated rings. The Bertz CT molecular complexity index is 1010. The average molecular weight is 350 g/mol. The number of hydrogen-bond donors (Lipinski definition) is 5. The van der Waals surface area contributed by atoms with Crippen molar-refractivity contribution in [3.63, 3.8) is 0 Å². The second kappa shape index (κ2) is 6.05.